The van der Waals surface area contributed by atoms with Crippen LogP contribution in [-0.4, -0.2) is 32.8 Å². The van der Waals surface area contributed by atoms with Crippen LogP contribution in [0.5, 0.6) is 5.75 Å². The van der Waals surface area contributed by atoms with Crippen molar-refractivity contribution in [3.63, 3.8) is 0 Å². The molecule has 9 heteroatoms. The lowest BCUT2D eigenvalue weighted by Crippen LogP contribution is -2.37. The molecule has 0 saturated carbocycles. The van der Waals surface area contributed by atoms with E-state index in [1.54, 1.807) is 7.05 Å². The van der Waals surface area contributed by atoms with Crippen LogP contribution >= 0.6 is 24.0 Å². The summed E-state index contributed by atoms with van der Waals surface area (Å²) in [4.78, 5) is 5.63. The second-order valence-corrected chi connectivity index (χ2v) is 4.77. The molecular weight excluding hydrogens is 397 g/mol. The molecular formula is C13H18IN7O. The third kappa shape index (κ3) is 3.84. The van der Waals surface area contributed by atoms with Gasteiger partial charge in [0.25, 0.3) is 0 Å². The predicted molar refractivity (Wildman–Crippen MR) is 92.0 cm³/mol. The van der Waals surface area contributed by atoms with Crippen molar-refractivity contribution in [2.75, 3.05) is 6.61 Å². The molecule has 118 valence electrons. The quantitative estimate of drug-likeness (QED) is 0.436. The lowest BCUT2D eigenvalue weighted by atomic mass is 10.0. The Labute approximate surface area is 145 Å². The van der Waals surface area contributed by atoms with Crippen LogP contribution in [0.25, 0.3) is 0 Å². The van der Waals surface area contributed by atoms with Crippen molar-refractivity contribution in [3.05, 3.63) is 35.7 Å². The minimum atomic E-state index is 0. The van der Waals surface area contributed by atoms with E-state index in [0.717, 1.165) is 17.7 Å². The first-order valence-electron chi connectivity index (χ1n) is 6.73. The second-order valence-electron chi connectivity index (χ2n) is 4.77. The Balaban J connectivity index is 0.00000176. The summed E-state index contributed by atoms with van der Waals surface area (Å²) in [6, 6.07) is 8.04. The number of nitrogens with one attached hydrogen (secondary N) is 1. The largest absolute Gasteiger partial charge is 0.493 e. The van der Waals surface area contributed by atoms with Gasteiger partial charge in [0.05, 0.1) is 19.7 Å². The minimum Gasteiger partial charge on any atom is -0.493 e. The molecule has 1 aliphatic heterocycles. The predicted octanol–water partition coefficient (Wildman–Crippen LogP) is 0.756. The highest BCUT2D eigenvalue weighted by molar-refractivity contribution is 14.0. The topological polar surface area (TPSA) is 103 Å². The number of nitrogens with zero attached hydrogens (tertiary/aromatic N) is 5. The number of halogens is 1. The normalized spacial score (nSPS) is 17.1. The van der Waals surface area contributed by atoms with Crippen LogP contribution in [0.15, 0.2) is 29.3 Å². The summed E-state index contributed by atoms with van der Waals surface area (Å²) in [5.41, 5.74) is 7.03. The molecule has 2 aromatic rings. The molecule has 3 N–H and O–H groups in total. The number of hydrogen-bond donors (Lipinski definition) is 2. The molecule has 1 unspecified atom stereocenters. The van der Waals surface area contributed by atoms with E-state index < -0.39 is 0 Å². The van der Waals surface area contributed by atoms with Crippen LogP contribution in [0.4, 0.5) is 0 Å². The van der Waals surface area contributed by atoms with E-state index in [4.69, 9.17) is 10.5 Å². The smallest absolute Gasteiger partial charge is 0.196 e. The number of aryl methyl sites for hydroxylation is 1. The number of tetrazole rings is 1. The van der Waals surface area contributed by atoms with Gasteiger partial charge in [0.15, 0.2) is 11.8 Å². The number of aromatic nitrogens is 4. The van der Waals surface area contributed by atoms with Gasteiger partial charge in [-0.05, 0) is 11.3 Å². The number of aliphatic imine (C=N–C) groups is 1. The summed E-state index contributed by atoms with van der Waals surface area (Å²) >= 11 is 0. The van der Waals surface area contributed by atoms with E-state index in [-0.39, 0.29) is 30.0 Å². The number of ether oxygens (including phenoxy) is 1. The van der Waals surface area contributed by atoms with Crippen LogP contribution in [0, 0.1) is 0 Å². The van der Waals surface area contributed by atoms with Crippen LogP contribution in [0.1, 0.15) is 23.9 Å². The van der Waals surface area contributed by atoms with Crippen LogP contribution in [-0.2, 0) is 13.6 Å². The molecule has 1 aliphatic rings. The van der Waals surface area contributed by atoms with Crippen molar-refractivity contribution in [2.24, 2.45) is 17.8 Å². The van der Waals surface area contributed by atoms with Gasteiger partial charge in [-0.2, -0.15) is 4.80 Å². The van der Waals surface area contributed by atoms with Gasteiger partial charge < -0.3 is 15.8 Å². The molecule has 0 amide bonds. The van der Waals surface area contributed by atoms with Gasteiger partial charge in [-0.3, -0.25) is 0 Å². The molecule has 0 radical (unpaired) electrons. The number of hydrogen-bond acceptors (Lipinski definition) is 5. The molecule has 8 nitrogen and oxygen atoms in total. The first kappa shape index (κ1) is 16.5. The first-order chi connectivity index (χ1) is 10.2. The van der Waals surface area contributed by atoms with Crippen molar-refractivity contribution in [1.82, 2.24) is 25.5 Å². The molecule has 2 heterocycles. The zero-order valence-electron chi connectivity index (χ0n) is 12.1. The summed E-state index contributed by atoms with van der Waals surface area (Å²) in [6.45, 7) is 0.964. The van der Waals surface area contributed by atoms with Gasteiger partial charge in [0.2, 0.25) is 0 Å². The molecule has 22 heavy (non-hydrogen) atoms. The highest BCUT2D eigenvalue weighted by atomic mass is 127. The van der Waals surface area contributed by atoms with Crippen LogP contribution in [0.3, 0.4) is 0 Å². The standard InChI is InChI=1S/C13H17N7O.HI/c1-20-18-12(17-19-20)8-15-13(14)16-10-6-7-21-11-5-3-2-4-9(10)11;/h2-5,10H,6-8H2,1H3,(H3,14,15,16);1H. The first-order valence-corrected chi connectivity index (χ1v) is 6.73. The highest BCUT2D eigenvalue weighted by Gasteiger charge is 2.21. The summed E-state index contributed by atoms with van der Waals surface area (Å²) in [6.07, 6.45) is 0.844. The van der Waals surface area contributed by atoms with Crippen molar-refractivity contribution >= 4 is 29.9 Å². The van der Waals surface area contributed by atoms with E-state index in [2.05, 4.69) is 25.7 Å². The monoisotopic (exact) mass is 415 g/mol. The average Bonchev–Trinajstić information content (AvgIpc) is 2.91. The van der Waals surface area contributed by atoms with Crippen LogP contribution < -0.4 is 15.8 Å². The van der Waals surface area contributed by atoms with Crippen molar-refractivity contribution in [3.8, 4) is 5.75 Å². The molecule has 0 spiro atoms. The van der Waals surface area contributed by atoms with Crippen LogP contribution in [0.2, 0.25) is 0 Å². The summed E-state index contributed by atoms with van der Waals surface area (Å²) in [5, 5.41) is 14.9. The van der Waals surface area contributed by atoms with E-state index in [9.17, 15) is 0 Å². The Morgan fingerprint density at radius 2 is 2.32 bits per heavy atom. The van der Waals surface area contributed by atoms with Crippen molar-refractivity contribution in [1.29, 1.82) is 0 Å². The van der Waals surface area contributed by atoms with Gasteiger partial charge in [-0.25, -0.2) is 4.99 Å². The fourth-order valence-electron chi connectivity index (χ4n) is 2.26. The maximum absolute atomic E-state index is 5.93. The third-order valence-electron chi connectivity index (χ3n) is 3.22. The van der Waals surface area contributed by atoms with E-state index in [1.165, 1.54) is 4.80 Å². The maximum Gasteiger partial charge on any atom is 0.196 e. The Hall–Kier alpha value is -1.91. The molecule has 1 aromatic heterocycles. The molecule has 1 aromatic carbocycles. The fraction of sp³-hybridized carbons (Fsp3) is 0.385. The number of fused-ring (bicyclic) bond motifs is 1. The molecule has 0 fully saturated rings. The molecule has 0 aliphatic carbocycles. The van der Waals surface area contributed by atoms with Gasteiger partial charge >= 0.3 is 0 Å². The lowest BCUT2D eigenvalue weighted by Gasteiger charge is -2.26. The maximum atomic E-state index is 5.93. The summed E-state index contributed by atoms with van der Waals surface area (Å²) in [7, 11) is 1.71. The number of para-hydroxylation sites is 1. The highest BCUT2D eigenvalue weighted by Crippen LogP contribution is 2.31. The van der Waals surface area contributed by atoms with E-state index in [0.29, 0.717) is 24.9 Å². The molecule has 3 rings (SSSR count). The van der Waals surface area contributed by atoms with Gasteiger partial charge in [-0.1, -0.05) is 18.2 Å². The number of guanidine groups is 1. The van der Waals surface area contributed by atoms with Gasteiger partial charge in [-0.15, -0.1) is 34.2 Å². The van der Waals surface area contributed by atoms with Crippen molar-refractivity contribution in [2.45, 2.75) is 19.0 Å². The van der Waals surface area contributed by atoms with E-state index >= 15 is 0 Å². The molecule has 0 bridgehead atoms. The zero-order valence-corrected chi connectivity index (χ0v) is 14.5. The Kier molecular flexibility index (Phi) is 5.52. The Morgan fingerprint density at radius 3 is 3.09 bits per heavy atom. The van der Waals surface area contributed by atoms with E-state index in [1.807, 2.05) is 24.3 Å². The minimum absolute atomic E-state index is 0. The summed E-state index contributed by atoms with van der Waals surface area (Å²) in [5.74, 6) is 1.79. The lowest BCUT2D eigenvalue weighted by molar-refractivity contribution is 0.262. The van der Waals surface area contributed by atoms with Gasteiger partial charge in [0.1, 0.15) is 12.3 Å². The van der Waals surface area contributed by atoms with Gasteiger partial charge in [0, 0.05) is 12.0 Å². The number of nitrogens with two attached hydrogens (primary N) is 1. The fourth-order valence-corrected chi connectivity index (χ4v) is 2.26. The summed E-state index contributed by atoms with van der Waals surface area (Å²) < 4.78 is 5.62. The van der Waals surface area contributed by atoms with Crippen molar-refractivity contribution < 1.29 is 4.74 Å². The number of rotatable bonds is 3. The average molecular weight is 415 g/mol. The number of benzene rings is 1. The zero-order chi connectivity index (χ0) is 14.7. The Bertz CT molecular complexity index is 657. The second kappa shape index (κ2) is 7.38. The molecule has 0 saturated heterocycles. The SMILES string of the molecule is Cn1nnc(CN=C(N)NC2CCOc3ccccc32)n1.I. The Morgan fingerprint density at radius 1 is 1.50 bits per heavy atom. The molecule has 1 atom stereocenters. The third-order valence-corrected chi connectivity index (χ3v) is 3.22.